The Kier molecular flexibility index (Phi) is 3.87. The fourth-order valence-electron chi connectivity index (χ4n) is 2.68. The molecule has 2 aromatic rings. The zero-order valence-corrected chi connectivity index (χ0v) is 13.8. The highest BCUT2D eigenvalue weighted by atomic mass is 19.1. The smallest absolute Gasteiger partial charge is 0.410 e. The molecule has 0 atom stereocenters. The Morgan fingerprint density at radius 1 is 1.46 bits per heavy atom. The average molecular weight is 331 g/mol. The Morgan fingerprint density at radius 3 is 2.79 bits per heavy atom. The van der Waals surface area contributed by atoms with Gasteiger partial charge in [-0.2, -0.15) is 5.26 Å². The fraction of sp³-hybridized carbons (Fsp3) is 0.500. The lowest BCUT2D eigenvalue weighted by atomic mass is 10.0. The van der Waals surface area contributed by atoms with Crippen molar-refractivity contribution in [1.29, 1.82) is 5.26 Å². The Morgan fingerprint density at radius 2 is 2.17 bits per heavy atom. The van der Waals surface area contributed by atoms with E-state index in [-0.39, 0.29) is 17.6 Å². The van der Waals surface area contributed by atoms with Crippen molar-refractivity contribution < 1.29 is 13.9 Å². The quantitative estimate of drug-likeness (QED) is 0.843. The molecular weight excluding hydrogens is 313 g/mol. The fourth-order valence-corrected chi connectivity index (χ4v) is 2.68. The molecule has 0 saturated carbocycles. The summed E-state index contributed by atoms with van der Waals surface area (Å²) >= 11 is 0. The second kappa shape index (κ2) is 5.74. The van der Waals surface area contributed by atoms with Gasteiger partial charge in [0, 0.05) is 25.6 Å². The van der Waals surface area contributed by atoms with Crippen LogP contribution >= 0.6 is 0 Å². The lowest BCUT2D eigenvalue weighted by molar-refractivity contribution is -0.00371. The molecule has 126 valence electrons. The standard InChI is InChI=1S/C16H18FN5O2/c1-16(2,3)24-15(23)21-7-10(8-21)9-22-14-11(6-18)12(17)4-5-13(14)19-20-22/h4-5,10H,7-9H2,1-3H3. The van der Waals surface area contributed by atoms with Crippen molar-refractivity contribution in [2.24, 2.45) is 5.92 Å². The molecule has 1 aromatic heterocycles. The van der Waals surface area contributed by atoms with Gasteiger partial charge >= 0.3 is 6.09 Å². The van der Waals surface area contributed by atoms with Crippen LogP contribution in [-0.2, 0) is 11.3 Å². The van der Waals surface area contributed by atoms with Gasteiger partial charge in [-0.05, 0) is 32.9 Å². The summed E-state index contributed by atoms with van der Waals surface area (Å²) in [5.74, 6) is -0.422. The second-order valence-corrected chi connectivity index (χ2v) is 6.92. The first kappa shape index (κ1) is 16.2. The van der Waals surface area contributed by atoms with E-state index in [0.717, 1.165) is 0 Å². The number of hydrogen-bond donors (Lipinski definition) is 0. The number of carbonyl (C=O) groups is 1. The highest BCUT2D eigenvalue weighted by Crippen LogP contribution is 2.24. The summed E-state index contributed by atoms with van der Waals surface area (Å²) in [7, 11) is 0. The zero-order chi connectivity index (χ0) is 17.5. The molecule has 1 saturated heterocycles. The number of nitrogens with zero attached hydrogens (tertiary/aromatic N) is 5. The van der Waals surface area contributed by atoms with E-state index in [9.17, 15) is 9.18 Å². The highest BCUT2D eigenvalue weighted by molar-refractivity contribution is 5.81. The number of halogens is 1. The molecule has 0 radical (unpaired) electrons. The van der Waals surface area contributed by atoms with Crippen LogP contribution in [-0.4, -0.2) is 44.7 Å². The number of aromatic nitrogens is 3. The lowest BCUT2D eigenvalue weighted by Crippen LogP contribution is -2.52. The van der Waals surface area contributed by atoms with Gasteiger partial charge < -0.3 is 9.64 Å². The van der Waals surface area contributed by atoms with Crippen molar-refractivity contribution in [1.82, 2.24) is 19.9 Å². The molecule has 1 aliphatic heterocycles. The van der Waals surface area contributed by atoms with Gasteiger partial charge in [-0.3, -0.25) is 0 Å². The number of likely N-dealkylation sites (tertiary alicyclic amines) is 1. The van der Waals surface area contributed by atoms with E-state index in [1.54, 1.807) is 4.90 Å². The van der Waals surface area contributed by atoms with E-state index in [1.165, 1.54) is 16.8 Å². The normalized spacial score (nSPS) is 15.2. The van der Waals surface area contributed by atoms with Gasteiger partial charge in [0.25, 0.3) is 0 Å². The molecule has 3 rings (SSSR count). The third kappa shape index (κ3) is 3.02. The largest absolute Gasteiger partial charge is 0.444 e. The van der Waals surface area contributed by atoms with Crippen molar-refractivity contribution >= 4 is 17.1 Å². The van der Waals surface area contributed by atoms with Crippen LogP contribution in [0.25, 0.3) is 11.0 Å². The van der Waals surface area contributed by atoms with E-state index in [4.69, 9.17) is 10.00 Å². The topological polar surface area (TPSA) is 84.0 Å². The minimum atomic E-state index is -0.586. The van der Waals surface area contributed by atoms with Crippen LogP contribution in [0.4, 0.5) is 9.18 Å². The average Bonchev–Trinajstić information content (AvgIpc) is 2.83. The van der Waals surface area contributed by atoms with E-state index in [0.29, 0.717) is 30.7 Å². The minimum Gasteiger partial charge on any atom is -0.444 e. The first-order valence-corrected chi connectivity index (χ1v) is 7.68. The molecule has 8 heteroatoms. The molecular formula is C16H18FN5O2. The van der Waals surface area contributed by atoms with Gasteiger partial charge in [0.2, 0.25) is 0 Å². The predicted molar refractivity (Wildman–Crippen MR) is 83.5 cm³/mol. The molecule has 1 fully saturated rings. The third-order valence-electron chi connectivity index (χ3n) is 3.78. The van der Waals surface area contributed by atoms with Gasteiger partial charge in [-0.25, -0.2) is 13.9 Å². The molecule has 1 aromatic carbocycles. The van der Waals surface area contributed by atoms with Crippen LogP contribution in [0.1, 0.15) is 26.3 Å². The molecule has 0 N–H and O–H groups in total. The summed E-state index contributed by atoms with van der Waals surface area (Å²) in [6, 6.07) is 4.58. The minimum absolute atomic E-state index is 0.0548. The van der Waals surface area contributed by atoms with Crippen LogP contribution in [0, 0.1) is 23.1 Å². The van der Waals surface area contributed by atoms with Gasteiger partial charge in [0.15, 0.2) is 0 Å². The Labute approximate surface area is 138 Å². The van der Waals surface area contributed by atoms with Crippen LogP contribution in [0.2, 0.25) is 0 Å². The summed E-state index contributed by atoms with van der Waals surface area (Å²) in [6.45, 7) is 7.00. The molecule has 2 heterocycles. The van der Waals surface area contributed by atoms with Crippen LogP contribution < -0.4 is 0 Å². The molecule has 0 aliphatic carbocycles. The summed E-state index contributed by atoms with van der Waals surface area (Å²) in [4.78, 5) is 13.5. The number of nitriles is 1. The molecule has 0 spiro atoms. The third-order valence-corrected chi connectivity index (χ3v) is 3.78. The van der Waals surface area contributed by atoms with Crippen molar-refractivity contribution in [2.75, 3.05) is 13.1 Å². The van der Waals surface area contributed by atoms with Crippen molar-refractivity contribution in [2.45, 2.75) is 32.9 Å². The molecule has 24 heavy (non-hydrogen) atoms. The highest BCUT2D eigenvalue weighted by Gasteiger charge is 2.34. The van der Waals surface area contributed by atoms with Crippen molar-refractivity contribution in [3.63, 3.8) is 0 Å². The lowest BCUT2D eigenvalue weighted by Gasteiger charge is -2.39. The molecule has 0 unspecified atom stereocenters. The summed E-state index contributed by atoms with van der Waals surface area (Å²) in [5, 5.41) is 17.1. The number of hydrogen-bond acceptors (Lipinski definition) is 5. The number of rotatable bonds is 2. The van der Waals surface area contributed by atoms with Crippen molar-refractivity contribution in [3.8, 4) is 6.07 Å². The predicted octanol–water partition coefficient (Wildman–Crippen LogP) is 2.31. The molecule has 0 bridgehead atoms. The van der Waals surface area contributed by atoms with Gasteiger partial charge in [-0.15, -0.1) is 5.10 Å². The van der Waals surface area contributed by atoms with Crippen LogP contribution in [0.5, 0.6) is 0 Å². The summed E-state index contributed by atoms with van der Waals surface area (Å²) < 4.78 is 20.6. The van der Waals surface area contributed by atoms with Gasteiger partial charge in [0.05, 0.1) is 0 Å². The SMILES string of the molecule is CC(C)(C)OC(=O)N1CC(Cn2nnc3ccc(F)c(C#N)c32)C1. The number of fused-ring (bicyclic) bond motifs is 1. The number of benzene rings is 1. The molecule has 1 aliphatic rings. The Balaban J connectivity index is 1.69. The first-order chi connectivity index (χ1) is 11.3. The summed E-state index contributed by atoms with van der Waals surface area (Å²) in [6.07, 6.45) is -0.342. The zero-order valence-electron chi connectivity index (χ0n) is 13.8. The molecule has 7 nitrogen and oxygen atoms in total. The monoisotopic (exact) mass is 331 g/mol. The second-order valence-electron chi connectivity index (χ2n) is 6.92. The summed E-state index contributed by atoms with van der Waals surface area (Å²) in [5.41, 5.74) is 0.300. The maximum Gasteiger partial charge on any atom is 0.410 e. The number of amides is 1. The first-order valence-electron chi connectivity index (χ1n) is 7.68. The van der Waals surface area contributed by atoms with E-state index in [2.05, 4.69) is 10.3 Å². The van der Waals surface area contributed by atoms with E-state index < -0.39 is 11.4 Å². The Hall–Kier alpha value is -2.69. The van der Waals surface area contributed by atoms with E-state index >= 15 is 0 Å². The number of carbonyl (C=O) groups excluding carboxylic acids is 1. The van der Waals surface area contributed by atoms with Crippen LogP contribution in [0.15, 0.2) is 12.1 Å². The molecule has 1 amide bonds. The van der Waals surface area contributed by atoms with E-state index in [1.807, 2.05) is 26.8 Å². The van der Waals surface area contributed by atoms with Crippen molar-refractivity contribution in [3.05, 3.63) is 23.5 Å². The maximum atomic E-state index is 13.8. The van der Waals surface area contributed by atoms with Gasteiger partial charge in [0.1, 0.15) is 34.1 Å². The Bertz CT molecular complexity index is 827. The van der Waals surface area contributed by atoms with Gasteiger partial charge in [-0.1, -0.05) is 5.21 Å². The maximum absolute atomic E-state index is 13.8. The number of ether oxygens (including phenoxy) is 1. The van der Waals surface area contributed by atoms with Crippen LogP contribution in [0.3, 0.4) is 0 Å².